The maximum atomic E-state index is 12.7. The smallest absolute Gasteiger partial charge is 0.319 e. The Kier molecular flexibility index (Phi) is 9.11. The van der Waals surface area contributed by atoms with Gasteiger partial charge in [-0.3, -0.25) is 14.4 Å². The largest absolute Gasteiger partial charge is 0.480 e. The van der Waals surface area contributed by atoms with Crippen molar-refractivity contribution in [3.8, 4) is 0 Å². The van der Waals surface area contributed by atoms with Gasteiger partial charge in [0.15, 0.2) is 0 Å². The Balaban J connectivity index is 2.87. The molecule has 1 rings (SSSR count). The third-order valence-corrected chi connectivity index (χ3v) is 4.77. The molecule has 1 atom stereocenters. The average molecular weight is 406 g/mol. The lowest BCUT2D eigenvalue weighted by Gasteiger charge is -2.37. The number of aliphatic carboxylic acids is 1. The number of amides is 4. The zero-order chi connectivity index (χ0) is 22.0. The molecule has 1 aliphatic rings. The van der Waals surface area contributed by atoms with E-state index in [4.69, 9.17) is 5.73 Å². The molecule has 0 aromatic heterocycles. The van der Waals surface area contributed by atoms with E-state index in [9.17, 15) is 24.3 Å². The predicted octanol–water partition coefficient (Wildman–Crippen LogP) is 1.33. The second kappa shape index (κ2) is 11.0. The lowest BCUT2D eigenvalue weighted by Crippen LogP contribution is -2.56. The number of carbonyl (C=O) groups is 4. The molecule has 0 saturated heterocycles. The van der Waals surface area contributed by atoms with Crippen LogP contribution in [0, 0.1) is 5.41 Å². The van der Waals surface area contributed by atoms with Gasteiger partial charge in [-0.15, -0.1) is 0 Å². The van der Waals surface area contributed by atoms with Crippen LogP contribution in [0.3, 0.4) is 0 Å². The van der Waals surface area contributed by atoms with Gasteiger partial charge < -0.3 is 26.8 Å². The molecule has 9 nitrogen and oxygen atoms in total. The van der Waals surface area contributed by atoms with Gasteiger partial charge in [0.1, 0.15) is 11.5 Å². The maximum Gasteiger partial charge on any atom is 0.319 e. The van der Waals surface area contributed by atoms with E-state index in [1.807, 2.05) is 6.92 Å². The minimum atomic E-state index is -1.48. The van der Waals surface area contributed by atoms with E-state index in [1.54, 1.807) is 25.2 Å². The van der Waals surface area contributed by atoms with Crippen molar-refractivity contribution in [1.29, 1.82) is 0 Å². The van der Waals surface area contributed by atoms with Crippen LogP contribution in [0.15, 0.2) is 36.1 Å². The third kappa shape index (κ3) is 7.10. The Labute approximate surface area is 170 Å². The van der Waals surface area contributed by atoms with Gasteiger partial charge in [0.2, 0.25) is 11.8 Å². The zero-order valence-electron chi connectivity index (χ0n) is 16.9. The van der Waals surface area contributed by atoms with E-state index in [-0.39, 0.29) is 25.8 Å². The van der Waals surface area contributed by atoms with Crippen LogP contribution in [-0.4, -0.2) is 41.5 Å². The Hall–Kier alpha value is -3.10. The van der Waals surface area contributed by atoms with Crippen LogP contribution >= 0.6 is 0 Å². The molecule has 1 fully saturated rings. The summed E-state index contributed by atoms with van der Waals surface area (Å²) < 4.78 is 0. The Bertz CT molecular complexity index is 722. The summed E-state index contributed by atoms with van der Waals surface area (Å²) in [6, 6.07) is -1.64. The minimum absolute atomic E-state index is 0.203. The van der Waals surface area contributed by atoms with Crippen LogP contribution in [0.25, 0.3) is 0 Å². The number of urea groups is 1. The van der Waals surface area contributed by atoms with Crippen molar-refractivity contribution in [2.24, 2.45) is 11.1 Å². The second-order valence-electron chi connectivity index (χ2n) is 7.11. The number of nitrogens with two attached hydrogens (primary N) is 1. The van der Waals surface area contributed by atoms with Gasteiger partial charge in [-0.1, -0.05) is 30.7 Å². The van der Waals surface area contributed by atoms with E-state index >= 15 is 0 Å². The topological polar surface area (TPSA) is 151 Å². The zero-order valence-corrected chi connectivity index (χ0v) is 16.9. The molecule has 0 heterocycles. The Morgan fingerprint density at radius 1 is 1.24 bits per heavy atom. The van der Waals surface area contributed by atoms with E-state index in [0.717, 1.165) is 5.57 Å². The number of hydrogen-bond acceptors (Lipinski definition) is 4. The summed E-state index contributed by atoms with van der Waals surface area (Å²) in [5, 5.41) is 17.1. The number of carbonyl (C=O) groups excluding carboxylic acids is 3. The van der Waals surface area contributed by atoms with Crippen molar-refractivity contribution in [1.82, 2.24) is 16.0 Å². The number of rotatable bonds is 11. The molecule has 160 valence electrons. The summed E-state index contributed by atoms with van der Waals surface area (Å²) in [6.07, 6.45) is 6.80. The molecule has 6 N–H and O–H groups in total. The number of hydrogen-bond donors (Lipinski definition) is 5. The lowest BCUT2D eigenvalue weighted by atomic mass is 9.68. The van der Waals surface area contributed by atoms with Gasteiger partial charge >= 0.3 is 12.0 Å². The predicted molar refractivity (Wildman–Crippen MR) is 109 cm³/mol. The van der Waals surface area contributed by atoms with Gasteiger partial charge in [0.05, 0.1) is 0 Å². The molecule has 0 aromatic carbocycles. The van der Waals surface area contributed by atoms with Gasteiger partial charge in [0.25, 0.3) is 0 Å². The van der Waals surface area contributed by atoms with Crippen molar-refractivity contribution >= 4 is 23.8 Å². The fraction of sp³-hybridized carbons (Fsp3) is 0.500. The second-order valence-corrected chi connectivity index (χ2v) is 7.11. The number of carboxylic acid groups (broad SMARTS) is 1. The number of carboxylic acids is 1. The molecule has 0 aliphatic heterocycles. The first kappa shape index (κ1) is 23.9. The summed E-state index contributed by atoms with van der Waals surface area (Å²) in [5.41, 5.74) is 4.86. The van der Waals surface area contributed by atoms with Gasteiger partial charge in [-0.2, -0.15) is 0 Å². The highest BCUT2D eigenvalue weighted by atomic mass is 16.4. The molecule has 0 radical (unpaired) electrons. The third-order valence-electron chi connectivity index (χ3n) is 4.77. The van der Waals surface area contributed by atoms with Crippen LogP contribution in [0.2, 0.25) is 0 Å². The van der Waals surface area contributed by atoms with Gasteiger partial charge in [-0.25, -0.2) is 4.79 Å². The van der Waals surface area contributed by atoms with Crippen LogP contribution in [0.1, 0.15) is 46.0 Å². The molecule has 0 aromatic rings. The Morgan fingerprint density at radius 3 is 2.34 bits per heavy atom. The van der Waals surface area contributed by atoms with Crippen LogP contribution in [0.4, 0.5) is 4.79 Å². The van der Waals surface area contributed by atoms with E-state index in [1.165, 1.54) is 0 Å². The first-order valence-corrected chi connectivity index (χ1v) is 9.51. The van der Waals surface area contributed by atoms with E-state index < -0.39 is 35.3 Å². The fourth-order valence-electron chi connectivity index (χ4n) is 2.82. The van der Waals surface area contributed by atoms with Crippen molar-refractivity contribution in [3.05, 3.63) is 36.1 Å². The SMILES string of the molecule is C=C(C)/C=C\C(=CC)NC(=O)C(CCCNC(N)=O)NC(=O)C1(C(=O)O)CCC1. The van der Waals surface area contributed by atoms with Crippen molar-refractivity contribution in [2.75, 3.05) is 6.54 Å². The first-order chi connectivity index (χ1) is 13.6. The lowest BCUT2D eigenvalue weighted by molar-refractivity contribution is -0.162. The standard InChI is InChI=1S/C20H30N4O5/c1-4-14(9-8-13(2)3)23-16(25)15(7-5-12-22-19(21)29)24-17(26)20(18(27)28)10-6-11-20/h4,8-9,15H,2,5-7,10-12H2,1,3H3,(H,23,25)(H,24,26)(H,27,28)(H3,21,22,29)/b9-8-,14-4?. The molecule has 1 aliphatic carbocycles. The summed E-state index contributed by atoms with van der Waals surface area (Å²) in [4.78, 5) is 47.7. The highest BCUT2D eigenvalue weighted by molar-refractivity contribution is 6.04. The monoisotopic (exact) mass is 406 g/mol. The van der Waals surface area contributed by atoms with Crippen molar-refractivity contribution < 1.29 is 24.3 Å². The highest BCUT2D eigenvalue weighted by Crippen LogP contribution is 2.41. The van der Waals surface area contributed by atoms with Gasteiger partial charge in [-0.05, 0) is 45.6 Å². The summed E-state index contributed by atoms with van der Waals surface area (Å²) in [5.74, 6) is -2.33. The Morgan fingerprint density at radius 2 is 1.90 bits per heavy atom. The quantitative estimate of drug-likeness (QED) is 0.199. The minimum Gasteiger partial charge on any atom is -0.480 e. The number of primary amides is 1. The highest BCUT2D eigenvalue weighted by Gasteiger charge is 2.51. The van der Waals surface area contributed by atoms with E-state index in [0.29, 0.717) is 18.5 Å². The molecule has 1 unspecified atom stereocenters. The summed E-state index contributed by atoms with van der Waals surface area (Å²) in [6.45, 7) is 7.54. The molecular weight excluding hydrogens is 376 g/mol. The molecule has 4 amide bonds. The van der Waals surface area contributed by atoms with E-state index in [2.05, 4.69) is 22.5 Å². The van der Waals surface area contributed by atoms with Crippen LogP contribution < -0.4 is 21.7 Å². The average Bonchev–Trinajstić information content (AvgIpc) is 2.59. The van der Waals surface area contributed by atoms with Gasteiger partial charge in [0, 0.05) is 12.2 Å². The maximum absolute atomic E-state index is 12.7. The molecular formula is C20H30N4O5. The van der Waals surface area contributed by atoms with Crippen molar-refractivity contribution in [3.63, 3.8) is 0 Å². The summed E-state index contributed by atoms with van der Waals surface area (Å²) >= 11 is 0. The van der Waals surface area contributed by atoms with Crippen molar-refractivity contribution in [2.45, 2.75) is 52.0 Å². The molecule has 0 bridgehead atoms. The van der Waals surface area contributed by atoms with Crippen LogP contribution in [-0.2, 0) is 14.4 Å². The molecule has 9 heteroatoms. The molecule has 1 saturated carbocycles. The molecule has 0 spiro atoms. The fourth-order valence-corrected chi connectivity index (χ4v) is 2.82. The number of allylic oxidation sites excluding steroid dienone is 4. The first-order valence-electron chi connectivity index (χ1n) is 9.51. The van der Waals surface area contributed by atoms with Crippen LogP contribution in [0.5, 0.6) is 0 Å². The number of nitrogens with one attached hydrogen (secondary N) is 3. The normalized spacial score (nSPS) is 16.4. The molecule has 29 heavy (non-hydrogen) atoms. The summed E-state index contributed by atoms with van der Waals surface area (Å²) in [7, 11) is 0.